The number of ether oxygens (including phenoxy) is 3. The molecular formula is C29H37FN6O6S. The molecule has 0 saturated carbocycles. The molecule has 2 atom stereocenters. The van der Waals surface area contributed by atoms with Crippen LogP contribution in [0.15, 0.2) is 6.07 Å². The van der Waals surface area contributed by atoms with Gasteiger partial charge in [0.15, 0.2) is 11.6 Å². The Hall–Kier alpha value is -3.78. The number of carbonyl (C=O) groups is 3. The zero-order valence-corrected chi connectivity index (χ0v) is 26.4. The van der Waals surface area contributed by atoms with Crippen LogP contribution in [0.2, 0.25) is 0 Å². The van der Waals surface area contributed by atoms with Gasteiger partial charge in [0, 0.05) is 19.2 Å². The van der Waals surface area contributed by atoms with Crippen LogP contribution in [-0.4, -0.2) is 74.3 Å². The van der Waals surface area contributed by atoms with Crippen molar-refractivity contribution in [2.75, 3.05) is 18.5 Å². The minimum Gasteiger partial charge on any atom is -0.444 e. The molecule has 232 valence electrons. The second-order valence-corrected chi connectivity index (χ2v) is 13.8. The molecule has 0 aliphatic carbocycles. The maximum atomic E-state index is 16.2. The number of hydrogen-bond donors (Lipinski definition) is 2. The highest BCUT2D eigenvalue weighted by Crippen LogP contribution is 2.41. The fourth-order valence-corrected chi connectivity index (χ4v) is 6.12. The number of anilines is 1. The summed E-state index contributed by atoms with van der Waals surface area (Å²) >= 11 is 1.38. The van der Waals surface area contributed by atoms with Crippen LogP contribution >= 0.6 is 11.3 Å². The predicted molar refractivity (Wildman–Crippen MR) is 159 cm³/mol. The monoisotopic (exact) mass is 616 g/mol. The number of imide groups is 1. The molecular weight excluding hydrogens is 579 g/mol. The van der Waals surface area contributed by atoms with E-state index >= 15 is 4.39 Å². The summed E-state index contributed by atoms with van der Waals surface area (Å²) in [4.78, 5) is 45.3. The number of pyridine rings is 1. The molecule has 0 aromatic carbocycles. The molecule has 5 rings (SSSR count). The summed E-state index contributed by atoms with van der Waals surface area (Å²) in [6, 6.07) is 0.807. The van der Waals surface area contributed by atoms with Crippen molar-refractivity contribution < 1.29 is 33.0 Å². The number of carbonyl (C=O) groups excluding carboxylic acids is 3. The van der Waals surface area contributed by atoms with Gasteiger partial charge in [-0.05, 0) is 61.0 Å². The fourth-order valence-electron chi connectivity index (χ4n) is 5.00. The van der Waals surface area contributed by atoms with E-state index in [9.17, 15) is 14.4 Å². The van der Waals surface area contributed by atoms with Gasteiger partial charge < -0.3 is 24.8 Å². The third-order valence-electron chi connectivity index (χ3n) is 7.02. The van der Waals surface area contributed by atoms with Crippen LogP contribution in [0.3, 0.4) is 0 Å². The third-order valence-corrected chi connectivity index (χ3v) is 8.26. The molecule has 0 spiro atoms. The van der Waals surface area contributed by atoms with E-state index in [4.69, 9.17) is 14.2 Å². The molecule has 5 heterocycles. The number of halogens is 1. The van der Waals surface area contributed by atoms with Crippen molar-refractivity contribution in [2.45, 2.75) is 84.7 Å². The first-order valence-corrected chi connectivity index (χ1v) is 14.9. The van der Waals surface area contributed by atoms with E-state index < -0.39 is 47.2 Å². The lowest BCUT2D eigenvalue weighted by molar-refractivity contribution is 0.0246. The Labute approximate surface area is 252 Å². The minimum atomic E-state index is -0.867. The van der Waals surface area contributed by atoms with Gasteiger partial charge in [-0.3, -0.25) is 9.48 Å². The maximum absolute atomic E-state index is 16.2. The lowest BCUT2D eigenvalue weighted by Gasteiger charge is -2.33. The molecule has 1 fully saturated rings. The van der Waals surface area contributed by atoms with Crippen LogP contribution in [0, 0.1) is 12.7 Å². The highest BCUT2D eigenvalue weighted by atomic mass is 32.1. The lowest BCUT2D eigenvalue weighted by atomic mass is 10.0. The number of fused-ring (bicyclic) bond motifs is 2. The van der Waals surface area contributed by atoms with E-state index in [-0.39, 0.29) is 35.8 Å². The van der Waals surface area contributed by atoms with Crippen LogP contribution in [0.4, 0.5) is 19.8 Å². The van der Waals surface area contributed by atoms with Gasteiger partial charge in [-0.2, -0.15) is 5.10 Å². The average Bonchev–Trinajstić information content (AvgIpc) is 3.53. The third kappa shape index (κ3) is 6.30. The quantitative estimate of drug-likeness (QED) is 0.409. The Balaban J connectivity index is 1.54. The van der Waals surface area contributed by atoms with Crippen molar-refractivity contribution in [3.63, 3.8) is 0 Å². The van der Waals surface area contributed by atoms with E-state index in [1.54, 1.807) is 46.2 Å². The second kappa shape index (κ2) is 11.1. The van der Waals surface area contributed by atoms with Gasteiger partial charge in [-0.15, -0.1) is 11.3 Å². The van der Waals surface area contributed by atoms with E-state index in [2.05, 4.69) is 20.7 Å². The number of aryl methyl sites for hydroxylation is 2. The van der Waals surface area contributed by atoms with E-state index in [0.29, 0.717) is 17.9 Å². The van der Waals surface area contributed by atoms with Gasteiger partial charge in [-0.1, -0.05) is 0 Å². The van der Waals surface area contributed by atoms with E-state index in [0.717, 1.165) is 20.8 Å². The van der Waals surface area contributed by atoms with Crippen molar-refractivity contribution in [1.29, 1.82) is 0 Å². The molecule has 14 heteroatoms. The molecule has 3 aromatic heterocycles. The highest BCUT2D eigenvalue weighted by molar-refractivity contribution is 7.22. The Morgan fingerprint density at radius 2 is 1.84 bits per heavy atom. The summed E-state index contributed by atoms with van der Waals surface area (Å²) in [5, 5.41) is 10.5. The molecule has 43 heavy (non-hydrogen) atoms. The van der Waals surface area contributed by atoms with Gasteiger partial charge >= 0.3 is 12.2 Å². The van der Waals surface area contributed by atoms with Gasteiger partial charge in [-0.25, -0.2) is 23.9 Å². The molecule has 1 saturated heterocycles. The number of nitrogens with zero attached hydrogens (tertiary/aromatic N) is 4. The Kier molecular flexibility index (Phi) is 7.88. The number of hydrogen-bond acceptors (Lipinski definition) is 10. The molecule has 2 aliphatic heterocycles. The number of thiophene rings is 1. The van der Waals surface area contributed by atoms with Crippen LogP contribution in [0.5, 0.6) is 0 Å². The number of aromatic nitrogens is 3. The van der Waals surface area contributed by atoms with Crippen molar-refractivity contribution in [3.8, 4) is 10.6 Å². The SMILES string of the molecule is Cc1c2sc(-c3nc(N[C@@H]4CCOC[C@@H]4NC(=O)OC(C)(C)C)c(F)c4c3C(=O)N(C(=O)OC(C)(C)C)C4)cc2nn1C. The fraction of sp³-hybridized carbons (Fsp3) is 0.552. The number of rotatable bonds is 4. The molecule has 12 nitrogen and oxygen atoms in total. The van der Waals surface area contributed by atoms with Gasteiger partial charge in [0.1, 0.15) is 16.7 Å². The van der Waals surface area contributed by atoms with Crippen LogP contribution in [0.25, 0.3) is 20.8 Å². The summed E-state index contributed by atoms with van der Waals surface area (Å²) < 4.78 is 35.3. The number of amides is 3. The molecule has 2 aliphatic rings. The predicted octanol–water partition coefficient (Wildman–Crippen LogP) is 5.13. The van der Waals surface area contributed by atoms with Crippen LogP contribution < -0.4 is 10.6 Å². The summed E-state index contributed by atoms with van der Waals surface area (Å²) in [5.74, 6) is -1.54. The summed E-state index contributed by atoms with van der Waals surface area (Å²) in [6.07, 6.45) is -1.04. The standard InChI is InChI=1S/C29H37FN6O6S/c1-14-23-17(34-35(14)8)11-19(43-23)22-20-15(12-36(25(20)37)27(39)42-29(5,6)7)21(30)24(33-22)31-16-9-10-40-13-18(16)32-26(38)41-28(2,3)4/h11,16,18H,9-10,12-13H2,1-8H3,(H,31,33)(H,32,38)/t16-,18+/m1/s1. The first-order valence-electron chi connectivity index (χ1n) is 14.1. The number of nitrogens with one attached hydrogen (secondary N) is 2. The zero-order valence-electron chi connectivity index (χ0n) is 25.6. The average molecular weight is 617 g/mol. The van der Waals surface area contributed by atoms with Gasteiger partial charge in [0.25, 0.3) is 5.91 Å². The van der Waals surface area contributed by atoms with Crippen LogP contribution in [0.1, 0.15) is 69.6 Å². The number of alkyl carbamates (subject to hydrolysis) is 1. The van der Waals surface area contributed by atoms with Crippen molar-refractivity contribution in [2.24, 2.45) is 7.05 Å². The van der Waals surface area contributed by atoms with Crippen LogP contribution in [-0.2, 0) is 27.8 Å². The molecule has 0 unspecified atom stereocenters. The Morgan fingerprint density at radius 3 is 2.49 bits per heavy atom. The maximum Gasteiger partial charge on any atom is 0.417 e. The smallest absolute Gasteiger partial charge is 0.417 e. The highest BCUT2D eigenvalue weighted by Gasteiger charge is 2.41. The zero-order chi connectivity index (χ0) is 31.4. The largest absolute Gasteiger partial charge is 0.444 e. The molecule has 2 N–H and O–H groups in total. The topological polar surface area (TPSA) is 137 Å². The van der Waals surface area contributed by atoms with Gasteiger partial charge in [0.2, 0.25) is 0 Å². The summed E-state index contributed by atoms with van der Waals surface area (Å²) in [7, 11) is 1.84. The Bertz CT molecular complexity index is 1600. The normalized spacial score (nSPS) is 19.0. The van der Waals surface area contributed by atoms with Crippen molar-refractivity contribution in [3.05, 3.63) is 28.7 Å². The first-order chi connectivity index (χ1) is 20.0. The molecule has 3 amide bonds. The molecule has 0 bridgehead atoms. The van der Waals surface area contributed by atoms with E-state index in [1.165, 1.54) is 11.3 Å². The second-order valence-electron chi connectivity index (χ2n) is 12.7. The van der Waals surface area contributed by atoms with Crippen molar-refractivity contribution >= 4 is 45.5 Å². The Morgan fingerprint density at radius 1 is 1.14 bits per heavy atom. The molecule has 0 radical (unpaired) electrons. The lowest BCUT2D eigenvalue weighted by Crippen LogP contribution is -2.53. The summed E-state index contributed by atoms with van der Waals surface area (Å²) in [6.45, 7) is 12.6. The summed E-state index contributed by atoms with van der Waals surface area (Å²) in [5.41, 5.74) is 0.385. The van der Waals surface area contributed by atoms with Gasteiger partial charge in [0.05, 0.1) is 51.8 Å². The van der Waals surface area contributed by atoms with E-state index in [1.807, 2.05) is 20.0 Å². The van der Waals surface area contributed by atoms with Crippen molar-refractivity contribution in [1.82, 2.24) is 25.0 Å². The minimum absolute atomic E-state index is 0.00949. The molecule has 3 aromatic rings. The first kappa shape index (κ1) is 30.7.